The fourth-order valence-corrected chi connectivity index (χ4v) is 2.95. The van der Waals surface area contributed by atoms with Gasteiger partial charge in [-0.05, 0) is 46.0 Å². The molecule has 0 aromatic heterocycles. The van der Waals surface area contributed by atoms with Crippen LogP contribution in [0.5, 0.6) is 0 Å². The van der Waals surface area contributed by atoms with Crippen LogP contribution >= 0.6 is 0 Å². The molecule has 1 saturated heterocycles. The van der Waals surface area contributed by atoms with Crippen LogP contribution in [0.25, 0.3) is 0 Å². The monoisotopic (exact) mass is 387 g/mol. The molecule has 7 heteroatoms. The third-order valence-electron chi connectivity index (χ3n) is 4.27. The normalized spacial score (nSPS) is 27.8. The Morgan fingerprint density at radius 3 is 2.56 bits per heavy atom. The summed E-state index contributed by atoms with van der Waals surface area (Å²) in [5, 5.41) is 2.55. The van der Waals surface area contributed by atoms with Gasteiger partial charge in [-0.15, -0.1) is 0 Å². The number of hydrogen-bond donors (Lipinski definition) is 1. The molecule has 0 saturated carbocycles. The van der Waals surface area contributed by atoms with E-state index in [0.29, 0.717) is 19.1 Å². The fraction of sp³-hybridized carbons (Fsp3) is 0.900. The summed E-state index contributed by atoms with van der Waals surface area (Å²) < 4.78 is 22.6. The second kappa shape index (κ2) is 10.9. The molecule has 158 valence electrons. The molecule has 0 aromatic carbocycles. The van der Waals surface area contributed by atoms with Crippen molar-refractivity contribution in [3.63, 3.8) is 0 Å². The van der Waals surface area contributed by atoms with E-state index in [1.54, 1.807) is 20.8 Å². The van der Waals surface area contributed by atoms with Crippen molar-refractivity contribution in [2.75, 3.05) is 19.8 Å². The van der Waals surface area contributed by atoms with Gasteiger partial charge in [-0.25, -0.2) is 9.59 Å². The van der Waals surface area contributed by atoms with E-state index >= 15 is 0 Å². The van der Waals surface area contributed by atoms with Crippen LogP contribution in [0.3, 0.4) is 0 Å². The van der Waals surface area contributed by atoms with Gasteiger partial charge in [-0.1, -0.05) is 27.2 Å². The standard InChI is InChI=1S/C20H37NO6/c1-8-15-9-10-24-12-16(21-19(23)27-20(5,6)7)18(22)26-14(4)17(15)25-11-13(2)3/h13-17H,8-12H2,1-7H3,(H,21,23)/t14-,15-,16-,17-/m0/s1. The third kappa shape index (κ3) is 8.93. The lowest BCUT2D eigenvalue weighted by molar-refractivity contribution is -0.167. The minimum Gasteiger partial charge on any atom is -0.458 e. The van der Waals surface area contributed by atoms with Gasteiger partial charge in [0.05, 0.1) is 12.7 Å². The van der Waals surface area contributed by atoms with Crippen molar-refractivity contribution in [3.8, 4) is 0 Å². The van der Waals surface area contributed by atoms with Crippen LogP contribution in [0, 0.1) is 11.8 Å². The first kappa shape index (κ1) is 23.7. The Morgan fingerprint density at radius 2 is 2.00 bits per heavy atom. The minimum absolute atomic E-state index is 0.0543. The Labute approximate surface area is 163 Å². The second-order valence-corrected chi connectivity index (χ2v) is 8.56. The molecule has 0 bridgehead atoms. The average Bonchev–Trinajstić information content (AvgIpc) is 2.52. The van der Waals surface area contributed by atoms with Crippen LogP contribution in [0.1, 0.15) is 61.3 Å². The van der Waals surface area contributed by atoms with Crippen LogP contribution in [-0.2, 0) is 23.7 Å². The molecule has 1 aliphatic heterocycles. The molecule has 0 aromatic rings. The van der Waals surface area contributed by atoms with Gasteiger partial charge in [0.25, 0.3) is 0 Å². The molecule has 7 nitrogen and oxygen atoms in total. The lowest BCUT2D eigenvalue weighted by atomic mass is 9.92. The molecule has 1 fully saturated rings. The number of alkyl carbamates (subject to hydrolysis) is 1. The highest BCUT2D eigenvalue weighted by Gasteiger charge is 2.34. The van der Waals surface area contributed by atoms with Crippen LogP contribution in [0.2, 0.25) is 0 Å². The number of esters is 1. The highest BCUT2D eigenvalue weighted by Crippen LogP contribution is 2.24. The molecule has 27 heavy (non-hydrogen) atoms. The van der Waals surface area contributed by atoms with Crippen molar-refractivity contribution in [3.05, 3.63) is 0 Å². The first-order chi connectivity index (χ1) is 12.5. The number of amides is 1. The number of carbonyl (C=O) groups is 2. The summed E-state index contributed by atoms with van der Waals surface area (Å²) in [5.74, 6) is 0.0869. The molecule has 1 amide bonds. The molecular weight excluding hydrogens is 350 g/mol. The number of rotatable bonds is 5. The Bertz CT molecular complexity index is 474. The zero-order valence-electron chi connectivity index (χ0n) is 17.9. The van der Waals surface area contributed by atoms with E-state index in [1.165, 1.54) is 0 Å². The molecular formula is C20H37NO6. The Balaban J connectivity index is 2.82. The fourth-order valence-electron chi connectivity index (χ4n) is 2.95. The molecule has 1 aliphatic rings. The first-order valence-corrected chi connectivity index (χ1v) is 9.92. The van der Waals surface area contributed by atoms with E-state index in [4.69, 9.17) is 18.9 Å². The largest absolute Gasteiger partial charge is 0.458 e. The summed E-state index contributed by atoms with van der Waals surface area (Å²) in [6.45, 7) is 14.6. The van der Waals surface area contributed by atoms with Gasteiger partial charge in [-0.3, -0.25) is 0 Å². The maximum Gasteiger partial charge on any atom is 0.408 e. The summed E-state index contributed by atoms with van der Waals surface area (Å²) in [7, 11) is 0. The molecule has 0 aliphatic carbocycles. The predicted molar refractivity (Wildman–Crippen MR) is 103 cm³/mol. The van der Waals surface area contributed by atoms with E-state index in [2.05, 4.69) is 26.1 Å². The van der Waals surface area contributed by atoms with Crippen molar-refractivity contribution in [1.29, 1.82) is 0 Å². The number of ether oxygens (including phenoxy) is 4. The van der Waals surface area contributed by atoms with Crippen LogP contribution in [0.15, 0.2) is 0 Å². The first-order valence-electron chi connectivity index (χ1n) is 9.92. The molecule has 1 rings (SSSR count). The van der Waals surface area contributed by atoms with Crippen molar-refractivity contribution < 1.29 is 28.5 Å². The predicted octanol–water partition coefficient (Wildman–Crippen LogP) is 3.30. The van der Waals surface area contributed by atoms with Crippen molar-refractivity contribution in [1.82, 2.24) is 5.32 Å². The van der Waals surface area contributed by atoms with Crippen LogP contribution in [-0.4, -0.2) is 55.7 Å². The van der Waals surface area contributed by atoms with Crippen LogP contribution in [0.4, 0.5) is 4.79 Å². The topological polar surface area (TPSA) is 83.1 Å². The van der Waals surface area contributed by atoms with Crippen molar-refractivity contribution in [2.24, 2.45) is 11.8 Å². The van der Waals surface area contributed by atoms with Gasteiger partial charge in [0.1, 0.15) is 11.7 Å². The van der Waals surface area contributed by atoms with Gasteiger partial charge < -0.3 is 24.3 Å². The van der Waals surface area contributed by atoms with Crippen molar-refractivity contribution >= 4 is 12.1 Å². The summed E-state index contributed by atoms with van der Waals surface area (Å²) in [6.07, 6.45) is 0.428. The molecule has 4 atom stereocenters. The summed E-state index contributed by atoms with van der Waals surface area (Å²) in [5.41, 5.74) is -0.651. The highest BCUT2D eigenvalue weighted by atomic mass is 16.6. The van der Waals surface area contributed by atoms with Gasteiger partial charge in [0.15, 0.2) is 6.04 Å². The zero-order valence-corrected chi connectivity index (χ0v) is 17.9. The van der Waals surface area contributed by atoms with Gasteiger partial charge in [0, 0.05) is 13.2 Å². The number of cyclic esters (lactones) is 1. The van der Waals surface area contributed by atoms with Crippen molar-refractivity contribution in [2.45, 2.75) is 85.2 Å². The summed E-state index contributed by atoms with van der Waals surface area (Å²) >= 11 is 0. The van der Waals surface area contributed by atoms with E-state index < -0.39 is 29.8 Å². The van der Waals surface area contributed by atoms with E-state index in [1.807, 2.05) is 6.92 Å². The number of nitrogens with one attached hydrogen (secondary N) is 1. The summed E-state index contributed by atoms with van der Waals surface area (Å²) in [4.78, 5) is 24.6. The third-order valence-corrected chi connectivity index (χ3v) is 4.27. The lowest BCUT2D eigenvalue weighted by Gasteiger charge is -2.34. The van der Waals surface area contributed by atoms with E-state index in [-0.39, 0.29) is 18.6 Å². The minimum atomic E-state index is -0.911. The number of carbonyl (C=O) groups excluding carboxylic acids is 2. The lowest BCUT2D eigenvalue weighted by Crippen LogP contribution is -2.50. The maximum atomic E-state index is 12.6. The smallest absolute Gasteiger partial charge is 0.408 e. The number of hydrogen-bond acceptors (Lipinski definition) is 6. The van der Waals surface area contributed by atoms with Gasteiger partial charge >= 0.3 is 12.1 Å². The molecule has 1 heterocycles. The average molecular weight is 388 g/mol. The molecule has 0 unspecified atom stereocenters. The quantitative estimate of drug-likeness (QED) is 0.729. The Kier molecular flexibility index (Phi) is 9.53. The Morgan fingerprint density at radius 1 is 1.33 bits per heavy atom. The van der Waals surface area contributed by atoms with Crippen LogP contribution < -0.4 is 5.32 Å². The maximum absolute atomic E-state index is 12.6. The van der Waals surface area contributed by atoms with E-state index in [9.17, 15) is 9.59 Å². The molecule has 0 radical (unpaired) electrons. The van der Waals surface area contributed by atoms with E-state index in [0.717, 1.165) is 12.8 Å². The Hall–Kier alpha value is -1.34. The molecule has 0 spiro atoms. The van der Waals surface area contributed by atoms with Gasteiger partial charge in [-0.2, -0.15) is 0 Å². The highest BCUT2D eigenvalue weighted by molar-refractivity contribution is 5.81. The second-order valence-electron chi connectivity index (χ2n) is 8.56. The SMILES string of the molecule is CC[C@H]1CCOC[C@H](NC(=O)OC(C)(C)C)C(=O)O[C@@H](C)[C@@H]1OCC(C)C. The van der Waals surface area contributed by atoms with Gasteiger partial charge in [0.2, 0.25) is 0 Å². The molecule has 1 N–H and O–H groups in total. The summed E-state index contributed by atoms with van der Waals surface area (Å²) in [6, 6.07) is -0.911. The zero-order chi connectivity index (χ0) is 20.6.